The van der Waals surface area contributed by atoms with Crippen LogP contribution in [0.3, 0.4) is 0 Å². The molecular formula is C22H28N4O4. The third-order valence-corrected chi connectivity index (χ3v) is 5.29. The van der Waals surface area contributed by atoms with E-state index in [4.69, 9.17) is 4.74 Å². The maximum absolute atomic E-state index is 12.5. The van der Waals surface area contributed by atoms with E-state index >= 15 is 0 Å². The number of carbonyl (C=O) groups excluding carboxylic acids is 1. The van der Waals surface area contributed by atoms with Crippen LogP contribution in [0, 0.1) is 0 Å². The Morgan fingerprint density at radius 1 is 1.20 bits per heavy atom. The summed E-state index contributed by atoms with van der Waals surface area (Å²) in [6.45, 7) is 0.967. The molecule has 1 aliphatic rings. The molecule has 0 bridgehead atoms. The SMILES string of the molecule is COc1ncc([C@@H](CC(=O)O)CC(=O)CCCCc2ccc3c(n2)NCCC3)cn1. The van der Waals surface area contributed by atoms with E-state index < -0.39 is 11.9 Å². The van der Waals surface area contributed by atoms with Gasteiger partial charge < -0.3 is 15.2 Å². The van der Waals surface area contributed by atoms with Crippen molar-refractivity contribution in [2.45, 2.75) is 57.3 Å². The van der Waals surface area contributed by atoms with E-state index in [0.717, 1.165) is 50.2 Å². The van der Waals surface area contributed by atoms with Gasteiger partial charge in [-0.1, -0.05) is 6.07 Å². The molecule has 1 aliphatic heterocycles. The molecule has 2 aromatic heterocycles. The lowest BCUT2D eigenvalue weighted by Gasteiger charge is -2.17. The molecule has 3 rings (SSSR count). The highest BCUT2D eigenvalue weighted by Crippen LogP contribution is 2.25. The van der Waals surface area contributed by atoms with Crippen LogP contribution in [-0.4, -0.2) is 45.5 Å². The summed E-state index contributed by atoms with van der Waals surface area (Å²) >= 11 is 0. The van der Waals surface area contributed by atoms with Gasteiger partial charge in [-0.3, -0.25) is 9.59 Å². The number of pyridine rings is 1. The number of rotatable bonds is 11. The summed E-state index contributed by atoms with van der Waals surface area (Å²) in [4.78, 5) is 36.4. The number of hydrogen-bond acceptors (Lipinski definition) is 7. The van der Waals surface area contributed by atoms with Gasteiger partial charge in [0.25, 0.3) is 0 Å². The minimum Gasteiger partial charge on any atom is -0.481 e. The monoisotopic (exact) mass is 412 g/mol. The highest BCUT2D eigenvalue weighted by Gasteiger charge is 2.20. The zero-order chi connectivity index (χ0) is 21.3. The van der Waals surface area contributed by atoms with E-state index in [2.05, 4.69) is 32.4 Å². The fourth-order valence-corrected chi connectivity index (χ4v) is 3.67. The molecule has 2 N–H and O–H groups in total. The van der Waals surface area contributed by atoms with Gasteiger partial charge in [0.2, 0.25) is 0 Å². The number of hydrogen-bond donors (Lipinski definition) is 2. The number of nitrogens with one attached hydrogen (secondary N) is 1. The molecule has 2 aromatic rings. The molecule has 0 saturated heterocycles. The van der Waals surface area contributed by atoms with Crippen molar-refractivity contribution in [2.75, 3.05) is 19.0 Å². The van der Waals surface area contributed by atoms with Crippen LogP contribution in [-0.2, 0) is 22.4 Å². The first kappa shape index (κ1) is 21.7. The standard InChI is InChI=1S/C22H28N4O4/c1-30-22-24-13-17(14-25-22)16(12-20(28)29)11-19(27)7-3-2-6-18-9-8-15-5-4-10-23-21(15)26-18/h8-9,13-14,16H,2-7,10-12H2,1H3,(H,23,26)(H,28,29)/t16-/m1/s1. The van der Waals surface area contributed by atoms with Crippen molar-refractivity contribution in [3.63, 3.8) is 0 Å². The average Bonchev–Trinajstić information content (AvgIpc) is 2.76. The van der Waals surface area contributed by atoms with Crippen LogP contribution >= 0.6 is 0 Å². The molecule has 0 aliphatic carbocycles. The number of ketones is 1. The fourth-order valence-electron chi connectivity index (χ4n) is 3.67. The van der Waals surface area contributed by atoms with Gasteiger partial charge >= 0.3 is 12.0 Å². The third kappa shape index (κ3) is 6.23. The summed E-state index contributed by atoms with van der Waals surface area (Å²) in [5, 5.41) is 12.5. The highest BCUT2D eigenvalue weighted by atomic mass is 16.5. The van der Waals surface area contributed by atoms with Crippen molar-refractivity contribution >= 4 is 17.6 Å². The number of nitrogens with zero attached hydrogens (tertiary/aromatic N) is 3. The number of fused-ring (bicyclic) bond motifs is 1. The molecule has 30 heavy (non-hydrogen) atoms. The number of aliphatic carboxylic acids is 1. The minimum absolute atomic E-state index is 0.0529. The molecule has 0 spiro atoms. The highest BCUT2D eigenvalue weighted by molar-refractivity contribution is 5.80. The molecular weight excluding hydrogens is 384 g/mol. The number of methoxy groups -OCH3 is 1. The van der Waals surface area contributed by atoms with Crippen LogP contribution in [0.1, 0.15) is 61.3 Å². The van der Waals surface area contributed by atoms with Crippen LogP contribution in [0.25, 0.3) is 0 Å². The fraction of sp³-hybridized carbons (Fsp3) is 0.500. The van der Waals surface area contributed by atoms with Gasteiger partial charge in [0.15, 0.2) is 0 Å². The molecule has 3 heterocycles. The molecule has 160 valence electrons. The Bertz CT molecular complexity index is 870. The normalized spacial score (nSPS) is 13.8. The molecule has 0 unspecified atom stereocenters. The number of aryl methyl sites for hydroxylation is 2. The van der Waals surface area contributed by atoms with Gasteiger partial charge in [-0.2, -0.15) is 0 Å². The van der Waals surface area contributed by atoms with E-state index in [1.165, 1.54) is 25.1 Å². The Morgan fingerprint density at radius 3 is 2.73 bits per heavy atom. The predicted octanol–water partition coefficient (Wildman–Crippen LogP) is 3.17. The van der Waals surface area contributed by atoms with Gasteiger partial charge in [-0.25, -0.2) is 15.0 Å². The lowest BCUT2D eigenvalue weighted by Crippen LogP contribution is -2.14. The summed E-state index contributed by atoms with van der Waals surface area (Å²) in [6.07, 6.45) is 8.18. The molecule has 0 aromatic carbocycles. The summed E-state index contributed by atoms with van der Waals surface area (Å²) in [7, 11) is 1.46. The molecule has 1 atom stereocenters. The largest absolute Gasteiger partial charge is 0.481 e. The van der Waals surface area contributed by atoms with E-state index in [1.807, 2.05) is 0 Å². The van der Waals surface area contributed by atoms with Crippen LogP contribution in [0.5, 0.6) is 6.01 Å². The number of unbranched alkanes of at least 4 members (excludes halogenated alkanes) is 1. The number of carboxylic acids is 1. The Kier molecular flexibility index (Phi) is 7.70. The molecule has 0 radical (unpaired) electrons. The number of carboxylic acid groups (broad SMARTS) is 1. The first-order valence-corrected chi connectivity index (χ1v) is 10.4. The van der Waals surface area contributed by atoms with E-state index in [-0.39, 0.29) is 24.6 Å². The Hall–Kier alpha value is -3.03. The van der Waals surface area contributed by atoms with E-state index in [9.17, 15) is 14.7 Å². The number of ether oxygens (including phenoxy) is 1. The van der Waals surface area contributed by atoms with Gasteiger partial charge in [0.1, 0.15) is 11.6 Å². The van der Waals surface area contributed by atoms with Crippen LogP contribution in [0.15, 0.2) is 24.5 Å². The first-order chi connectivity index (χ1) is 14.5. The molecule has 8 nitrogen and oxygen atoms in total. The van der Waals surface area contributed by atoms with Crippen molar-refractivity contribution < 1.29 is 19.4 Å². The zero-order valence-corrected chi connectivity index (χ0v) is 17.3. The Balaban J connectivity index is 1.47. The van der Waals surface area contributed by atoms with Crippen molar-refractivity contribution in [1.82, 2.24) is 15.0 Å². The smallest absolute Gasteiger partial charge is 0.316 e. The third-order valence-electron chi connectivity index (χ3n) is 5.29. The predicted molar refractivity (Wildman–Crippen MR) is 112 cm³/mol. The summed E-state index contributed by atoms with van der Waals surface area (Å²) in [5.74, 6) is -0.338. The number of aromatic nitrogens is 3. The Labute approximate surface area is 176 Å². The molecule has 8 heteroatoms. The maximum Gasteiger partial charge on any atom is 0.316 e. The summed E-state index contributed by atoms with van der Waals surface area (Å²) in [6, 6.07) is 4.42. The van der Waals surface area contributed by atoms with E-state index in [0.29, 0.717) is 12.0 Å². The number of anilines is 1. The number of Topliss-reactive ketones (excluding diaryl/α,β-unsaturated/α-hetero) is 1. The van der Waals surface area contributed by atoms with Gasteiger partial charge in [0.05, 0.1) is 13.5 Å². The minimum atomic E-state index is -0.948. The molecule has 0 amide bonds. The second-order valence-corrected chi connectivity index (χ2v) is 7.59. The summed E-state index contributed by atoms with van der Waals surface area (Å²) < 4.78 is 4.93. The van der Waals surface area contributed by atoms with Crippen molar-refractivity contribution in [2.24, 2.45) is 0 Å². The van der Waals surface area contributed by atoms with Crippen LogP contribution in [0.4, 0.5) is 5.82 Å². The number of carbonyl (C=O) groups is 2. The average molecular weight is 412 g/mol. The van der Waals surface area contributed by atoms with Crippen LogP contribution < -0.4 is 10.1 Å². The van der Waals surface area contributed by atoms with Crippen molar-refractivity contribution in [3.8, 4) is 6.01 Å². The second-order valence-electron chi connectivity index (χ2n) is 7.59. The lowest BCUT2D eigenvalue weighted by atomic mass is 9.91. The Morgan fingerprint density at radius 2 is 2.00 bits per heavy atom. The second kappa shape index (κ2) is 10.7. The summed E-state index contributed by atoms with van der Waals surface area (Å²) in [5.41, 5.74) is 2.94. The molecule has 0 fully saturated rings. The van der Waals surface area contributed by atoms with Gasteiger partial charge in [0, 0.05) is 43.4 Å². The topological polar surface area (TPSA) is 114 Å². The molecule has 0 saturated carbocycles. The quantitative estimate of drug-likeness (QED) is 0.541. The lowest BCUT2D eigenvalue weighted by molar-refractivity contribution is -0.137. The van der Waals surface area contributed by atoms with Gasteiger partial charge in [-0.05, 0) is 49.3 Å². The zero-order valence-electron chi connectivity index (χ0n) is 17.3. The van der Waals surface area contributed by atoms with Crippen LogP contribution in [0.2, 0.25) is 0 Å². The van der Waals surface area contributed by atoms with E-state index in [1.54, 1.807) is 0 Å². The maximum atomic E-state index is 12.5. The van der Waals surface area contributed by atoms with Crippen molar-refractivity contribution in [1.29, 1.82) is 0 Å². The van der Waals surface area contributed by atoms with Crippen molar-refractivity contribution in [3.05, 3.63) is 41.3 Å². The first-order valence-electron chi connectivity index (χ1n) is 10.4. The van der Waals surface area contributed by atoms with Gasteiger partial charge in [-0.15, -0.1) is 0 Å².